The van der Waals surface area contributed by atoms with Gasteiger partial charge in [0.2, 0.25) is 0 Å². The molecule has 55 heavy (non-hydrogen) atoms. The van der Waals surface area contributed by atoms with Crippen LogP contribution in [0.5, 0.6) is 0 Å². The van der Waals surface area contributed by atoms with Gasteiger partial charge in [-0.15, -0.1) is 0 Å². The van der Waals surface area contributed by atoms with Crippen LogP contribution in [-0.4, -0.2) is 66.3 Å². The van der Waals surface area contributed by atoms with Crippen LogP contribution < -0.4 is 0 Å². The van der Waals surface area contributed by atoms with Crippen molar-refractivity contribution < 1.29 is 43.0 Å². The summed E-state index contributed by atoms with van der Waals surface area (Å²) in [6.07, 6.45) is 48.7. The van der Waals surface area contributed by atoms with E-state index in [1.165, 1.54) is 70.6 Å². The second-order valence-corrected chi connectivity index (χ2v) is 15.4. The minimum atomic E-state index is -4.53. The van der Waals surface area contributed by atoms with Crippen molar-refractivity contribution in [2.75, 3.05) is 33.0 Å². The van der Waals surface area contributed by atoms with E-state index in [-0.39, 0.29) is 13.0 Å². The van der Waals surface area contributed by atoms with Gasteiger partial charge in [-0.2, -0.15) is 0 Å². The van der Waals surface area contributed by atoms with Crippen LogP contribution in [0.4, 0.5) is 0 Å². The maximum atomic E-state index is 12.6. The molecule has 0 saturated heterocycles. The maximum Gasteiger partial charge on any atom is 0.472 e. The molecule has 0 bridgehead atoms. The fourth-order valence-corrected chi connectivity index (χ4v) is 6.22. The van der Waals surface area contributed by atoms with Crippen LogP contribution in [0, 0.1) is 0 Å². The van der Waals surface area contributed by atoms with Gasteiger partial charge in [0.1, 0.15) is 12.2 Å². The van der Waals surface area contributed by atoms with E-state index in [1.807, 2.05) is 0 Å². The van der Waals surface area contributed by atoms with Gasteiger partial charge in [0, 0.05) is 13.0 Å². The largest absolute Gasteiger partial charge is 0.472 e. The number of phosphoric acid groups is 1. The Morgan fingerprint density at radius 3 is 1.49 bits per heavy atom. The highest BCUT2D eigenvalue weighted by molar-refractivity contribution is 7.47. The molecule has 0 spiro atoms. The summed E-state index contributed by atoms with van der Waals surface area (Å²) in [4.78, 5) is 22.5. The van der Waals surface area contributed by atoms with Crippen molar-refractivity contribution in [3.05, 3.63) is 72.9 Å². The number of hydrogen-bond acceptors (Lipinski definition) is 8. The number of carbonyl (C=O) groups excluding carboxylic acids is 1. The Morgan fingerprint density at radius 2 is 1.02 bits per heavy atom. The van der Waals surface area contributed by atoms with Crippen molar-refractivity contribution in [1.82, 2.24) is 0 Å². The first kappa shape index (κ1) is 52.9. The number of aliphatic hydroxyl groups excluding tert-OH is 2. The Labute approximate surface area is 335 Å². The van der Waals surface area contributed by atoms with E-state index in [4.69, 9.17) is 23.6 Å². The molecule has 0 heterocycles. The standard InChI is InChI=1S/C45H79O9P/c1-3-5-7-9-11-13-15-17-19-20-21-22-23-24-26-28-30-32-34-36-38-51-41-44(42-53-55(49,50)52-40-43(47)39-46)54-45(48)37-35-33-31-29-27-25-18-16-14-12-10-8-6-4-2/h5,7,11,13,17,19,21-22,24,26,30,32,43-44,46-47H,3-4,6,8-10,12,14-16,18,20,23,25,27-29,31,33-42H2,1-2H3,(H,49,50)/b7-5-,13-11-,19-17-,22-21-,26-24-,32-30-. The molecule has 0 aliphatic carbocycles. The number of ether oxygens (including phenoxy) is 2. The minimum absolute atomic E-state index is 0.00744. The molecule has 0 aromatic rings. The normalized spacial score (nSPS) is 14.8. The fraction of sp³-hybridized carbons (Fsp3) is 0.711. The molecule has 9 nitrogen and oxygen atoms in total. The number of esters is 1. The van der Waals surface area contributed by atoms with Crippen LogP contribution >= 0.6 is 7.82 Å². The summed E-state index contributed by atoms with van der Waals surface area (Å²) in [5.41, 5.74) is 0. The molecule has 0 radical (unpaired) electrons. The topological polar surface area (TPSA) is 132 Å². The molecule has 0 saturated carbocycles. The molecule has 0 rings (SSSR count). The third-order valence-corrected chi connectivity index (χ3v) is 9.61. The third kappa shape index (κ3) is 41.4. The summed E-state index contributed by atoms with van der Waals surface area (Å²) in [6.45, 7) is 3.24. The molecule has 3 atom stereocenters. The molecule has 318 valence electrons. The fourth-order valence-electron chi connectivity index (χ4n) is 5.43. The Bertz CT molecular complexity index is 1080. The Balaban J connectivity index is 4.30. The number of hydrogen-bond donors (Lipinski definition) is 3. The van der Waals surface area contributed by atoms with E-state index in [2.05, 4.69) is 86.8 Å². The second-order valence-electron chi connectivity index (χ2n) is 14.0. The van der Waals surface area contributed by atoms with Crippen molar-refractivity contribution >= 4 is 13.8 Å². The van der Waals surface area contributed by atoms with Gasteiger partial charge < -0.3 is 24.6 Å². The highest BCUT2D eigenvalue weighted by Crippen LogP contribution is 2.43. The van der Waals surface area contributed by atoms with Gasteiger partial charge in [-0.25, -0.2) is 4.57 Å². The lowest BCUT2D eigenvalue weighted by atomic mass is 10.0. The molecule has 0 aliphatic heterocycles. The van der Waals surface area contributed by atoms with Crippen molar-refractivity contribution in [2.45, 2.75) is 174 Å². The Morgan fingerprint density at radius 1 is 0.582 bits per heavy atom. The zero-order valence-corrected chi connectivity index (χ0v) is 35.5. The lowest BCUT2D eigenvalue weighted by molar-refractivity contribution is -0.154. The van der Waals surface area contributed by atoms with Gasteiger partial charge in [-0.1, -0.05) is 170 Å². The molecular formula is C45H79O9P. The first-order chi connectivity index (χ1) is 26.8. The molecule has 3 N–H and O–H groups in total. The van der Waals surface area contributed by atoms with E-state index in [9.17, 15) is 19.4 Å². The van der Waals surface area contributed by atoms with Crippen molar-refractivity contribution in [3.8, 4) is 0 Å². The molecular weight excluding hydrogens is 715 g/mol. The number of rotatable bonds is 40. The lowest BCUT2D eigenvalue weighted by Gasteiger charge is -2.20. The van der Waals surface area contributed by atoms with Crippen molar-refractivity contribution in [3.63, 3.8) is 0 Å². The van der Waals surface area contributed by atoms with Gasteiger partial charge in [0.25, 0.3) is 0 Å². The van der Waals surface area contributed by atoms with E-state index < -0.39 is 45.8 Å². The van der Waals surface area contributed by atoms with Crippen LogP contribution in [0.3, 0.4) is 0 Å². The number of carbonyl (C=O) groups is 1. The van der Waals surface area contributed by atoms with Gasteiger partial charge in [0.15, 0.2) is 0 Å². The molecule has 0 fully saturated rings. The van der Waals surface area contributed by atoms with Crippen LogP contribution in [0.15, 0.2) is 72.9 Å². The van der Waals surface area contributed by atoms with Crippen molar-refractivity contribution in [2.24, 2.45) is 0 Å². The second kappa shape index (κ2) is 41.5. The average molecular weight is 795 g/mol. The summed E-state index contributed by atoms with van der Waals surface area (Å²) in [6, 6.07) is 0. The highest BCUT2D eigenvalue weighted by Gasteiger charge is 2.26. The Kier molecular flexibility index (Phi) is 39.9. The van der Waals surface area contributed by atoms with Crippen LogP contribution in [0.25, 0.3) is 0 Å². The molecule has 0 amide bonds. The molecule has 3 unspecified atom stereocenters. The predicted octanol–water partition coefficient (Wildman–Crippen LogP) is 11.8. The van der Waals surface area contributed by atoms with E-state index in [1.54, 1.807) is 0 Å². The molecule has 0 aliphatic rings. The lowest BCUT2D eigenvalue weighted by Crippen LogP contribution is -2.29. The number of unbranched alkanes of at least 4 members (excludes halogenated alkanes) is 14. The van der Waals surface area contributed by atoms with Crippen LogP contribution in [0.2, 0.25) is 0 Å². The minimum Gasteiger partial charge on any atom is -0.457 e. The maximum absolute atomic E-state index is 12.6. The quantitative estimate of drug-likeness (QED) is 0.0240. The zero-order chi connectivity index (χ0) is 40.3. The summed E-state index contributed by atoms with van der Waals surface area (Å²) in [7, 11) is -4.53. The van der Waals surface area contributed by atoms with Gasteiger partial charge in [0.05, 0.1) is 26.4 Å². The first-order valence-electron chi connectivity index (χ1n) is 21.4. The molecule has 0 aromatic carbocycles. The average Bonchev–Trinajstić information content (AvgIpc) is 3.18. The van der Waals surface area contributed by atoms with E-state index in [0.29, 0.717) is 6.61 Å². The Hall–Kier alpha value is -2.10. The van der Waals surface area contributed by atoms with Gasteiger partial charge in [-0.3, -0.25) is 13.8 Å². The highest BCUT2D eigenvalue weighted by atomic mass is 31.2. The number of aliphatic hydroxyl groups is 2. The summed E-state index contributed by atoms with van der Waals surface area (Å²) < 4.78 is 33.3. The van der Waals surface area contributed by atoms with Crippen LogP contribution in [0.1, 0.15) is 162 Å². The molecule has 0 aromatic heterocycles. The summed E-state index contributed by atoms with van der Waals surface area (Å²) in [5, 5.41) is 18.3. The number of allylic oxidation sites excluding steroid dienone is 12. The predicted molar refractivity (Wildman–Crippen MR) is 228 cm³/mol. The third-order valence-electron chi connectivity index (χ3n) is 8.66. The molecule has 10 heteroatoms. The SMILES string of the molecule is CC/C=C\C/C=C\C/C=C\C/C=C\C/C=C\C/C=C\CCCOCC(COP(=O)(O)OCC(O)CO)OC(=O)CCCCCCCCCCCCCCCC. The van der Waals surface area contributed by atoms with E-state index in [0.717, 1.165) is 70.6 Å². The zero-order valence-electron chi connectivity index (χ0n) is 34.6. The van der Waals surface area contributed by atoms with Gasteiger partial charge >= 0.3 is 13.8 Å². The smallest absolute Gasteiger partial charge is 0.457 e. The van der Waals surface area contributed by atoms with E-state index >= 15 is 0 Å². The monoisotopic (exact) mass is 795 g/mol. The summed E-state index contributed by atoms with van der Waals surface area (Å²) >= 11 is 0. The van der Waals surface area contributed by atoms with Crippen LogP contribution in [-0.2, 0) is 27.9 Å². The first-order valence-corrected chi connectivity index (χ1v) is 22.9. The summed E-state index contributed by atoms with van der Waals surface area (Å²) in [5.74, 6) is -0.404. The van der Waals surface area contributed by atoms with Gasteiger partial charge in [-0.05, 0) is 57.8 Å². The number of phosphoric ester groups is 1. The van der Waals surface area contributed by atoms with Crippen molar-refractivity contribution in [1.29, 1.82) is 0 Å².